The lowest BCUT2D eigenvalue weighted by Crippen LogP contribution is -2.23. The number of hydrogen-bond donors (Lipinski definition) is 2. The van der Waals surface area contributed by atoms with Gasteiger partial charge in [-0.15, -0.1) is 0 Å². The highest BCUT2D eigenvalue weighted by Crippen LogP contribution is 2.21. The van der Waals surface area contributed by atoms with Gasteiger partial charge in [-0.3, -0.25) is 5.43 Å². The van der Waals surface area contributed by atoms with Crippen molar-refractivity contribution in [2.24, 2.45) is 5.10 Å². The average molecular weight is 395 g/mol. The Kier molecular flexibility index (Phi) is 6.54. The van der Waals surface area contributed by atoms with E-state index >= 15 is 0 Å². The van der Waals surface area contributed by atoms with Crippen LogP contribution in [-0.4, -0.2) is 18.4 Å². The van der Waals surface area contributed by atoms with Crippen LogP contribution >= 0.6 is 12.2 Å². The van der Waals surface area contributed by atoms with Gasteiger partial charge in [0.05, 0.1) is 13.3 Å². The van der Waals surface area contributed by atoms with Gasteiger partial charge in [0.1, 0.15) is 23.1 Å². The second-order valence-corrected chi connectivity index (χ2v) is 6.09. The molecule has 0 spiro atoms. The normalized spacial score (nSPS) is 10.5. The highest BCUT2D eigenvalue weighted by atomic mass is 32.1. The zero-order chi connectivity index (χ0) is 19.8. The number of benzene rings is 3. The van der Waals surface area contributed by atoms with E-state index in [1.54, 1.807) is 37.6 Å². The van der Waals surface area contributed by atoms with Gasteiger partial charge in [0.2, 0.25) is 0 Å². The standard InChI is InChI=1S/C21H18FN3O2S/c1-26-18-12-6-17(7-13-18)24-21(28)25-23-14-15-2-8-19(9-3-15)27-20-10-4-16(22)5-11-20/h2-14H,1H3,(H2,24,25,28)/b23-14+. The summed E-state index contributed by atoms with van der Waals surface area (Å²) in [5.74, 6) is 1.69. The number of hydrogen-bond acceptors (Lipinski definition) is 4. The molecule has 0 atom stereocenters. The van der Waals surface area contributed by atoms with E-state index in [9.17, 15) is 4.39 Å². The number of anilines is 1. The summed E-state index contributed by atoms with van der Waals surface area (Å²) in [5, 5.41) is 7.51. The van der Waals surface area contributed by atoms with E-state index in [1.807, 2.05) is 36.4 Å². The van der Waals surface area contributed by atoms with Crippen LogP contribution in [0.1, 0.15) is 5.56 Å². The first-order valence-electron chi connectivity index (χ1n) is 8.40. The first-order valence-corrected chi connectivity index (χ1v) is 8.81. The van der Waals surface area contributed by atoms with Gasteiger partial charge in [0.15, 0.2) is 5.11 Å². The van der Waals surface area contributed by atoms with Gasteiger partial charge in [-0.05, 0) is 90.6 Å². The molecule has 0 amide bonds. The number of methoxy groups -OCH3 is 1. The summed E-state index contributed by atoms with van der Waals surface area (Å²) in [5.41, 5.74) is 4.46. The summed E-state index contributed by atoms with van der Waals surface area (Å²) in [6, 6.07) is 20.6. The van der Waals surface area contributed by atoms with Gasteiger partial charge in [0.25, 0.3) is 0 Å². The third-order valence-electron chi connectivity index (χ3n) is 3.66. The van der Waals surface area contributed by atoms with Crippen molar-refractivity contribution in [3.8, 4) is 17.2 Å². The molecule has 2 N–H and O–H groups in total. The second kappa shape index (κ2) is 9.48. The minimum atomic E-state index is -0.300. The number of hydrazone groups is 1. The summed E-state index contributed by atoms with van der Waals surface area (Å²) >= 11 is 5.20. The van der Waals surface area contributed by atoms with E-state index in [0.29, 0.717) is 16.6 Å². The molecule has 28 heavy (non-hydrogen) atoms. The molecule has 0 radical (unpaired) electrons. The molecule has 3 rings (SSSR count). The van der Waals surface area contributed by atoms with E-state index in [-0.39, 0.29) is 5.82 Å². The van der Waals surface area contributed by atoms with Crippen LogP contribution in [0.15, 0.2) is 77.9 Å². The molecule has 7 heteroatoms. The molecule has 142 valence electrons. The van der Waals surface area contributed by atoms with Crippen LogP contribution in [0.2, 0.25) is 0 Å². The van der Waals surface area contributed by atoms with Crippen molar-refractivity contribution in [1.82, 2.24) is 5.43 Å². The maximum atomic E-state index is 12.9. The van der Waals surface area contributed by atoms with E-state index in [4.69, 9.17) is 21.7 Å². The lowest BCUT2D eigenvalue weighted by atomic mass is 10.2. The number of rotatable bonds is 6. The number of ether oxygens (including phenoxy) is 2. The van der Waals surface area contributed by atoms with Crippen LogP contribution in [0.25, 0.3) is 0 Å². The molecule has 0 heterocycles. The van der Waals surface area contributed by atoms with Gasteiger partial charge in [-0.2, -0.15) is 5.10 Å². The monoisotopic (exact) mass is 395 g/mol. The Labute approximate surface area is 167 Å². The highest BCUT2D eigenvalue weighted by Gasteiger charge is 1.99. The Morgan fingerprint density at radius 2 is 1.46 bits per heavy atom. The summed E-state index contributed by atoms with van der Waals surface area (Å²) in [6.45, 7) is 0. The fourth-order valence-corrected chi connectivity index (χ4v) is 2.43. The first kappa shape index (κ1) is 19.3. The molecule has 5 nitrogen and oxygen atoms in total. The van der Waals surface area contributed by atoms with Gasteiger partial charge in [-0.25, -0.2) is 4.39 Å². The quantitative estimate of drug-likeness (QED) is 0.351. The lowest BCUT2D eigenvalue weighted by Gasteiger charge is -2.08. The molecule has 0 aliphatic heterocycles. The number of nitrogens with zero attached hydrogens (tertiary/aromatic N) is 1. The van der Waals surface area contributed by atoms with Crippen LogP contribution in [0.5, 0.6) is 17.2 Å². The number of halogens is 1. The van der Waals surface area contributed by atoms with Crippen LogP contribution in [-0.2, 0) is 0 Å². The Hall–Kier alpha value is -3.45. The summed E-state index contributed by atoms with van der Waals surface area (Å²) in [7, 11) is 1.62. The van der Waals surface area contributed by atoms with Gasteiger partial charge in [-0.1, -0.05) is 0 Å². The Morgan fingerprint density at radius 3 is 2.07 bits per heavy atom. The van der Waals surface area contributed by atoms with Gasteiger partial charge < -0.3 is 14.8 Å². The second-order valence-electron chi connectivity index (χ2n) is 5.68. The molecule has 0 aliphatic carbocycles. The first-order chi connectivity index (χ1) is 13.6. The molecule has 0 bridgehead atoms. The smallest absolute Gasteiger partial charge is 0.191 e. The lowest BCUT2D eigenvalue weighted by molar-refractivity contribution is 0.415. The summed E-state index contributed by atoms with van der Waals surface area (Å²) in [6.07, 6.45) is 1.64. The van der Waals surface area contributed by atoms with Crippen molar-refractivity contribution < 1.29 is 13.9 Å². The average Bonchev–Trinajstić information content (AvgIpc) is 2.71. The maximum absolute atomic E-state index is 12.9. The zero-order valence-electron chi connectivity index (χ0n) is 15.1. The van der Waals surface area contributed by atoms with Crippen molar-refractivity contribution in [2.45, 2.75) is 0 Å². The molecular weight excluding hydrogens is 377 g/mol. The van der Waals surface area contributed by atoms with Crippen LogP contribution in [0, 0.1) is 5.82 Å². The third-order valence-corrected chi connectivity index (χ3v) is 3.85. The molecule has 3 aromatic carbocycles. The van der Waals surface area contributed by atoms with Crippen molar-refractivity contribution in [1.29, 1.82) is 0 Å². The Morgan fingerprint density at radius 1 is 0.893 bits per heavy atom. The van der Waals surface area contributed by atoms with Crippen LogP contribution in [0.3, 0.4) is 0 Å². The van der Waals surface area contributed by atoms with E-state index in [1.165, 1.54) is 12.1 Å². The SMILES string of the molecule is COc1ccc(NC(=S)N/N=C/c2ccc(Oc3ccc(F)cc3)cc2)cc1. The molecule has 0 fully saturated rings. The third kappa shape index (κ3) is 5.78. The fourth-order valence-electron chi connectivity index (χ4n) is 2.26. The molecular formula is C21H18FN3O2S. The maximum Gasteiger partial charge on any atom is 0.191 e. The van der Waals surface area contributed by atoms with Crippen molar-refractivity contribution in [3.05, 3.63) is 84.2 Å². The minimum absolute atomic E-state index is 0.300. The van der Waals surface area contributed by atoms with E-state index in [2.05, 4.69) is 15.8 Å². The van der Waals surface area contributed by atoms with Crippen molar-refractivity contribution >= 4 is 29.2 Å². The Balaban J connectivity index is 1.49. The molecule has 0 saturated carbocycles. The molecule has 3 aromatic rings. The molecule has 0 aliphatic rings. The van der Waals surface area contributed by atoms with Crippen molar-refractivity contribution in [3.63, 3.8) is 0 Å². The predicted molar refractivity (Wildman–Crippen MR) is 113 cm³/mol. The topological polar surface area (TPSA) is 54.9 Å². The van der Waals surface area contributed by atoms with Crippen LogP contribution < -0.4 is 20.2 Å². The Bertz CT molecular complexity index is 943. The number of nitrogens with one attached hydrogen (secondary N) is 2. The minimum Gasteiger partial charge on any atom is -0.497 e. The van der Waals surface area contributed by atoms with E-state index in [0.717, 1.165) is 17.0 Å². The highest BCUT2D eigenvalue weighted by molar-refractivity contribution is 7.80. The largest absolute Gasteiger partial charge is 0.497 e. The fraction of sp³-hybridized carbons (Fsp3) is 0.0476. The summed E-state index contributed by atoms with van der Waals surface area (Å²) in [4.78, 5) is 0. The predicted octanol–water partition coefficient (Wildman–Crippen LogP) is 4.95. The van der Waals surface area contributed by atoms with Crippen molar-refractivity contribution in [2.75, 3.05) is 12.4 Å². The molecule has 0 unspecified atom stereocenters. The van der Waals surface area contributed by atoms with Gasteiger partial charge in [0, 0.05) is 5.69 Å². The van der Waals surface area contributed by atoms with E-state index < -0.39 is 0 Å². The van der Waals surface area contributed by atoms with Gasteiger partial charge >= 0.3 is 0 Å². The zero-order valence-corrected chi connectivity index (χ0v) is 15.9. The molecule has 0 aromatic heterocycles. The number of thiocarbonyl (C=S) groups is 1. The summed E-state index contributed by atoms with van der Waals surface area (Å²) < 4.78 is 23.7. The molecule has 0 saturated heterocycles. The van der Waals surface area contributed by atoms with Crippen LogP contribution in [0.4, 0.5) is 10.1 Å².